The Morgan fingerprint density at radius 3 is 2.95 bits per heavy atom. The molecule has 1 aliphatic carbocycles. The van der Waals surface area contributed by atoms with Crippen LogP contribution in [-0.2, 0) is 4.74 Å². The van der Waals surface area contributed by atoms with Gasteiger partial charge >= 0.3 is 0 Å². The molecule has 0 aromatic carbocycles. The first-order valence-corrected chi connectivity index (χ1v) is 8.01. The highest BCUT2D eigenvalue weighted by Gasteiger charge is 2.50. The monoisotopic (exact) mass is 277 g/mol. The minimum atomic E-state index is 0.195. The molecule has 0 radical (unpaired) electrons. The molecule has 4 heteroatoms. The molecule has 3 rings (SSSR count). The minimum absolute atomic E-state index is 0.195. The van der Waals surface area contributed by atoms with Gasteiger partial charge in [0.2, 0.25) is 0 Å². The second kappa shape index (κ2) is 5.49. The summed E-state index contributed by atoms with van der Waals surface area (Å²) in [6.45, 7) is 8.66. The maximum Gasteiger partial charge on any atom is 0.0951 e. The number of rotatable bonds is 4. The Hall–Kier alpha value is -0.870. The summed E-state index contributed by atoms with van der Waals surface area (Å²) in [6, 6.07) is 0.994. The number of aromatic nitrogens is 2. The predicted octanol–water partition coefficient (Wildman–Crippen LogP) is 3.07. The van der Waals surface area contributed by atoms with E-state index >= 15 is 0 Å². The van der Waals surface area contributed by atoms with Crippen LogP contribution in [0.4, 0.5) is 0 Å². The van der Waals surface area contributed by atoms with Gasteiger partial charge in [0.15, 0.2) is 0 Å². The van der Waals surface area contributed by atoms with Gasteiger partial charge in [0.05, 0.1) is 18.1 Å². The molecule has 3 unspecified atom stereocenters. The highest BCUT2D eigenvalue weighted by atomic mass is 16.5. The topological polar surface area (TPSA) is 39.1 Å². The van der Waals surface area contributed by atoms with Crippen molar-refractivity contribution in [3.8, 4) is 0 Å². The van der Waals surface area contributed by atoms with Crippen LogP contribution >= 0.6 is 0 Å². The molecule has 2 aliphatic rings. The summed E-state index contributed by atoms with van der Waals surface area (Å²) >= 11 is 0. The molecule has 1 saturated heterocycles. The molecular formula is C16H27N3O. The van der Waals surface area contributed by atoms with Crippen LogP contribution in [0.5, 0.6) is 0 Å². The Morgan fingerprint density at radius 1 is 1.45 bits per heavy atom. The van der Waals surface area contributed by atoms with Crippen molar-refractivity contribution in [3.05, 3.63) is 18.2 Å². The van der Waals surface area contributed by atoms with E-state index < -0.39 is 0 Å². The predicted molar refractivity (Wildman–Crippen MR) is 79.7 cm³/mol. The second-order valence-electron chi connectivity index (χ2n) is 6.75. The zero-order valence-electron chi connectivity index (χ0n) is 12.9. The van der Waals surface area contributed by atoms with Gasteiger partial charge in [0, 0.05) is 30.3 Å². The van der Waals surface area contributed by atoms with E-state index in [2.05, 4.69) is 35.6 Å². The van der Waals surface area contributed by atoms with Gasteiger partial charge < -0.3 is 14.6 Å². The van der Waals surface area contributed by atoms with E-state index in [1.807, 2.05) is 12.5 Å². The lowest BCUT2D eigenvalue weighted by Crippen LogP contribution is -2.52. The summed E-state index contributed by atoms with van der Waals surface area (Å²) in [4.78, 5) is 4.42. The fraction of sp³-hybridized carbons (Fsp3) is 0.812. The Morgan fingerprint density at radius 2 is 2.30 bits per heavy atom. The van der Waals surface area contributed by atoms with E-state index in [9.17, 15) is 0 Å². The van der Waals surface area contributed by atoms with Crippen molar-refractivity contribution in [2.24, 2.45) is 5.41 Å². The summed E-state index contributed by atoms with van der Waals surface area (Å²) in [5, 5.41) is 3.64. The van der Waals surface area contributed by atoms with Gasteiger partial charge in [-0.2, -0.15) is 0 Å². The van der Waals surface area contributed by atoms with E-state index in [1.54, 1.807) is 0 Å². The van der Waals surface area contributed by atoms with Crippen LogP contribution in [-0.4, -0.2) is 28.8 Å². The van der Waals surface area contributed by atoms with Crippen LogP contribution in [0.2, 0.25) is 0 Å². The number of nitrogens with one attached hydrogen (secondary N) is 1. The van der Waals surface area contributed by atoms with Gasteiger partial charge in [-0.25, -0.2) is 4.98 Å². The summed E-state index contributed by atoms with van der Waals surface area (Å²) in [5.74, 6) is 0. The summed E-state index contributed by atoms with van der Waals surface area (Å²) < 4.78 is 8.26. The lowest BCUT2D eigenvalue weighted by atomic mass is 9.64. The average molecular weight is 277 g/mol. The Balaban J connectivity index is 1.77. The van der Waals surface area contributed by atoms with Gasteiger partial charge in [-0.15, -0.1) is 0 Å². The second-order valence-corrected chi connectivity index (χ2v) is 6.75. The van der Waals surface area contributed by atoms with Crippen molar-refractivity contribution in [3.63, 3.8) is 0 Å². The molecule has 0 bridgehead atoms. The van der Waals surface area contributed by atoms with Crippen LogP contribution in [0.25, 0.3) is 0 Å². The van der Waals surface area contributed by atoms with Crippen LogP contribution in [0, 0.1) is 5.41 Å². The summed E-state index contributed by atoms with van der Waals surface area (Å²) in [7, 11) is 0. The quantitative estimate of drug-likeness (QED) is 0.919. The van der Waals surface area contributed by atoms with Crippen LogP contribution < -0.4 is 5.32 Å². The summed E-state index contributed by atoms with van der Waals surface area (Å²) in [5.41, 5.74) is 1.55. The molecule has 2 fully saturated rings. The SMILES string of the molecule is CCOC1CC(n2cncc2C2CCCCN2)C1(C)C. The number of hydrogen-bond donors (Lipinski definition) is 1. The molecule has 0 amide bonds. The normalized spacial score (nSPS) is 32.9. The van der Waals surface area contributed by atoms with Crippen molar-refractivity contribution in [2.75, 3.05) is 13.2 Å². The third-order valence-corrected chi connectivity index (χ3v) is 5.19. The molecule has 2 heterocycles. The molecule has 4 nitrogen and oxygen atoms in total. The Bertz CT molecular complexity index is 448. The van der Waals surface area contributed by atoms with Crippen molar-refractivity contribution in [1.82, 2.24) is 14.9 Å². The standard InChI is InChI=1S/C16H27N3O/c1-4-20-15-9-14(16(15,2)3)19-11-17-10-13(19)12-7-5-6-8-18-12/h10-12,14-15,18H,4-9H2,1-3H3. The van der Waals surface area contributed by atoms with Gasteiger partial charge in [-0.3, -0.25) is 0 Å². The van der Waals surface area contributed by atoms with Gasteiger partial charge in [0.25, 0.3) is 0 Å². The number of nitrogens with zero attached hydrogens (tertiary/aromatic N) is 2. The zero-order valence-corrected chi connectivity index (χ0v) is 12.9. The summed E-state index contributed by atoms with van der Waals surface area (Å²) in [6.07, 6.45) is 9.40. The molecular weight excluding hydrogens is 250 g/mol. The van der Waals surface area contributed by atoms with Gasteiger partial charge in [-0.05, 0) is 32.7 Å². The van der Waals surface area contributed by atoms with E-state index in [1.165, 1.54) is 25.0 Å². The lowest BCUT2D eigenvalue weighted by molar-refractivity contribution is -0.128. The van der Waals surface area contributed by atoms with Crippen molar-refractivity contribution in [2.45, 2.75) is 64.6 Å². The third kappa shape index (κ3) is 2.29. The fourth-order valence-corrected chi connectivity index (χ4v) is 3.77. The maximum absolute atomic E-state index is 5.86. The van der Waals surface area contributed by atoms with Crippen LogP contribution in [0.3, 0.4) is 0 Å². The maximum atomic E-state index is 5.86. The minimum Gasteiger partial charge on any atom is -0.378 e. The average Bonchev–Trinajstić information content (AvgIpc) is 2.92. The highest BCUT2D eigenvalue weighted by Crippen LogP contribution is 2.52. The lowest BCUT2D eigenvalue weighted by Gasteiger charge is -2.52. The molecule has 1 aliphatic heterocycles. The van der Waals surface area contributed by atoms with E-state index in [0.29, 0.717) is 18.2 Å². The number of imidazole rings is 1. The molecule has 112 valence electrons. The largest absolute Gasteiger partial charge is 0.378 e. The number of piperidine rings is 1. The van der Waals surface area contributed by atoms with Crippen molar-refractivity contribution < 1.29 is 4.74 Å². The van der Waals surface area contributed by atoms with Crippen LogP contribution in [0.1, 0.15) is 64.2 Å². The molecule has 1 aromatic rings. The Kier molecular flexibility index (Phi) is 3.87. The van der Waals surface area contributed by atoms with Gasteiger partial charge in [-0.1, -0.05) is 20.3 Å². The third-order valence-electron chi connectivity index (χ3n) is 5.19. The molecule has 1 saturated carbocycles. The van der Waals surface area contributed by atoms with E-state index in [0.717, 1.165) is 19.6 Å². The first-order chi connectivity index (χ1) is 9.64. The van der Waals surface area contributed by atoms with Gasteiger partial charge in [0.1, 0.15) is 0 Å². The smallest absolute Gasteiger partial charge is 0.0951 e. The molecule has 3 atom stereocenters. The Labute approximate surface area is 121 Å². The van der Waals surface area contributed by atoms with Crippen molar-refractivity contribution in [1.29, 1.82) is 0 Å². The first-order valence-electron chi connectivity index (χ1n) is 8.01. The van der Waals surface area contributed by atoms with Crippen LogP contribution in [0.15, 0.2) is 12.5 Å². The number of ether oxygens (including phenoxy) is 1. The highest BCUT2D eigenvalue weighted by molar-refractivity contribution is 5.13. The molecule has 20 heavy (non-hydrogen) atoms. The fourth-order valence-electron chi connectivity index (χ4n) is 3.77. The van der Waals surface area contributed by atoms with Crippen molar-refractivity contribution >= 4 is 0 Å². The zero-order chi connectivity index (χ0) is 14.2. The number of hydrogen-bond acceptors (Lipinski definition) is 3. The van der Waals surface area contributed by atoms with E-state index in [-0.39, 0.29) is 5.41 Å². The van der Waals surface area contributed by atoms with E-state index in [4.69, 9.17) is 4.74 Å². The molecule has 1 aromatic heterocycles. The first kappa shape index (κ1) is 14.1. The molecule has 1 N–H and O–H groups in total. The molecule has 0 spiro atoms.